The first kappa shape index (κ1) is 23.7. The molecular weight excluding hydrogens is 450 g/mol. The lowest BCUT2D eigenvalue weighted by Gasteiger charge is -2.36. The van der Waals surface area contributed by atoms with Gasteiger partial charge in [0.1, 0.15) is 18.2 Å². The fraction of sp³-hybridized carbons (Fsp3) is 0.621. The van der Waals surface area contributed by atoms with Crippen LogP contribution in [-0.2, 0) is 23.1 Å². The van der Waals surface area contributed by atoms with Crippen LogP contribution >= 0.6 is 0 Å². The Morgan fingerprint density at radius 2 is 2.00 bits per heavy atom. The maximum atomic E-state index is 12.6. The van der Waals surface area contributed by atoms with Crippen molar-refractivity contribution in [1.29, 1.82) is 0 Å². The van der Waals surface area contributed by atoms with Gasteiger partial charge >= 0.3 is 6.09 Å². The van der Waals surface area contributed by atoms with E-state index in [0.717, 1.165) is 76.8 Å². The SMILES string of the molecule is CC(C)C1CCc2ncnc(N3CC4(CCNCC4)c4c(CNC(=O)OC5CCCC5)cccc43)c21. The van der Waals surface area contributed by atoms with Crippen molar-refractivity contribution < 1.29 is 9.53 Å². The van der Waals surface area contributed by atoms with Crippen LogP contribution in [0.15, 0.2) is 24.5 Å². The van der Waals surface area contributed by atoms with Gasteiger partial charge in [0, 0.05) is 35.4 Å². The van der Waals surface area contributed by atoms with Crippen molar-refractivity contribution in [3.8, 4) is 0 Å². The number of ether oxygens (including phenoxy) is 1. The maximum absolute atomic E-state index is 12.6. The molecule has 192 valence electrons. The van der Waals surface area contributed by atoms with Gasteiger partial charge in [-0.15, -0.1) is 0 Å². The van der Waals surface area contributed by atoms with E-state index in [1.807, 2.05) is 0 Å². The minimum Gasteiger partial charge on any atom is -0.446 e. The van der Waals surface area contributed by atoms with Crippen molar-refractivity contribution >= 4 is 17.6 Å². The Kier molecular flexibility index (Phi) is 6.36. The second kappa shape index (κ2) is 9.66. The van der Waals surface area contributed by atoms with Crippen LogP contribution in [0.2, 0.25) is 0 Å². The summed E-state index contributed by atoms with van der Waals surface area (Å²) in [5.74, 6) is 2.16. The van der Waals surface area contributed by atoms with E-state index >= 15 is 0 Å². The molecule has 1 unspecified atom stereocenters. The average molecular weight is 490 g/mol. The van der Waals surface area contributed by atoms with Crippen molar-refractivity contribution in [1.82, 2.24) is 20.6 Å². The molecule has 2 aromatic rings. The lowest BCUT2D eigenvalue weighted by atomic mass is 9.73. The number of piperidine rings is 1. The zero-order chi connectivity index (χ0) is 24.7. The van der Waals surface area contributed by atoms with Crippen LogP contribution in [0, 0.1) is 5.92 Å². The second-order valence-electron chi connectivity index (χ2n) is 11.5. The molecular formula is C29H39N5O2. The number of rotatable bonds is 5. The molecule has 7 heteroatoms. The van der Waals surface area contributed by atoms with Crippen LogP contribution in [0.3, 0.4) is 0 Å². The van der Waals surface area contributed by atoms with Crippen LogP contribution in [-0.4, -0.2) is 41.8 Å². The third kappa shape index (κ3) is 4.15. The number of nitrogens with zero attached hydrogens (tertiary/aromatic N) is 3. The summed E-state index contributed by atoms with van der Waals surface area (Å²) in [5.41, 5.74) is 6.46. The molecule has 2 aliphatic heterocycles. The molecule has 7 nitrogen and oxygen atoms in total. The van der Waals surface area contributed by atoms with Crippen LogP contribution in [0.4, 0.5) is 16.3 Å². The van der Waals surface area contributed by atoms with Gasteiger partial charge in [-0.25, -0.2) is 14.8 Å². The number of anilines is 2. The number of benzene rings is 1. The molecule has 1 aromatic carbocycles. The van der Waals surface area contributed by atoms with Crippen molar-refractivity contribution in [2.24, 2.45) is 5.92 Å². The van der Waals surface area contributed by atoms with E-state index in [0.29, 0.717) is 18.4 Å². The molecule has 2 aliphatic carbocycles. The zero-order valence-corrected chi connectivity index (χ0v) is 21.7. The van der Waals surface area contributed by atoms with Crippen molar-refractivity contribution in [3.05, 3.63) is 46.9 Å². The summed E-state index contributed by atoms with van der Waals surface area (Å²) in [6.07, 6.45) is 10.2. The summed E-state index contributed by atoms with van der Waals surface area (Å²) in [5, 5.41) is 6.64. The highest BCUT2D eigenvalue weighted by atomic mass is 16.6. The van der Waals surface area contributed by atoms with Crippen LogP contribution in [0.5, 0.6) is 0 Å². The minimum absolute atomic E-state index is 0.0536. The molecule has 1 amide bonds. The quantitative estimate of drug-likeness (QED) is 0.608. The van der Waals surface area contributed by atoms with E-state index in [4.69, 9.17) is 9.72 Å². The molecule has 1 saturated carbocycles. The summed E-state index contributed by atoms with van der Waals surface area (Å²) in [6, 6.07) is 6.57. The number of carbonyl (C=O) groups excluding carboxylic acids is 1. The molecule has 0 radical (unpaired) electrons. The molecule has 2 fully saturated rings. The van der Waals surface area contributed by atoms with Gasteiger partial charge < -0.3 is 20.3 Å². The van der Waals surface area contributed by atoms with E-state index in [1.165, 1.54) is 28.1 Å². The Bertz CT molecular complexity index is 1120. The monoisotopic (exact) mass is 489 g/mol. The van der Waals surface area contributed by atoms with Gasteiger partial charge in [0.2, 0.25) is 0 Å². The van der Waals surface area contributed by atoms with Gasteiger partial charge in [0.25, 0.3) is 0 Å². The highest BCUT2D eigenvalue weighted by molar-refractivity contribution is 5.76. The first-order valence-corrected chi connectivity index (χ1v) is 13.9. The fourth-order valence-electron chi connectivity index (χ4n) is 7.23. The largest absolute Gasteiger partial charge is 0.446 e. The second-order valence-corrected chi connectivity index (χ2v) is 11.5. The summed E-state index contributed by atoms with van der Waals surface area (Å²) in [7, 11) is 0. The Labute approximate surface area is 214 Å². The average Bonchev–Trinajstić information content (AvgIpc) is 3.62. The van der Waals surface area contributed by atoms with Crippen molar-refractivity contribution in [2.45, 2.75) is 89.2 Å². The van der Waals surface area contributed by atoms with Gasteiger partial charge in [-0.05, 0) is 93.5 Å². The van der Waals surface area contributed by atoms with Crippen LogP contribution in [0.1, 0.15) is 87.1 Å². The predicted octanol–water partition coefficient (Wildman–Crippen LogP) is 5.10. The minimum atomic E-state index is -0.290. The Morgan fingerprint density at radius 3 is 2.78 bits per heavy atom. The third-order valence-corrected chi connectivity index (χ3v) is 9.04. The summed E-state index contributed by atoms with van der Waals surface area (Å²) < 4.78 is 5.68. The number of amides is 1. The number of alkyl carbamates (subject to hydrolysis) is 1. The van der Waals surface area contributed by atoms with Gasteiger partial charge in [-0.3, -0.25) is 0 Å². The molecule has 3 heterocycles. The van der Waals surface area contributed by atoms with Gasteiger partial charge in [-0.1, -0.05) is 26.0 Å². The van der Waals surface area contributed by atoms with Crippen molar-refractivity contribution in [2.75, 3.05) is 24.5 Å². The number of aryl methyl sites for hydroxylation is 1. The molecule has 1 atom stereocenters. The summed E-state index contributed by atoms with van der Waals surface area (Å²) in [6.45, 7) is 8.08. The smallest absolute Gasteiger partial charge is 0.407 e. The third-order valence-electron chi connectivity index (χ3n) is 9.04. The number of nitrogens with one attached hydrogen (secondary N) is 2. The van der Waals surface area contributed by atoms with Gasteiger partial charge in [-0.2, -0.15) is 0 Å². The lowest BCUT2D eigenvalue weighted by molar-refractivity contribution is 0.100. The first-order valence-electron chi connectivity index (χ1n) is 13.9. The van der Waals surface area contributed by atoms with E-state index in [2.05, 4.69) is 52.6 Å². The molecule has 1 aromatic heterocycles. The molecule has 6 rings (SSSR count). The standard InChI is InChI=1S/C29H39N5O2/c1-19(2)22-10-11-23-25(22)27(33-18-32-23)34-17-29(12-14-30-15-13-29)26-20(6-5-9-24(26)34)16-31-28(35)36-21-7-3-4-8-21/h5-6,9,18-19,21-22,30H,3-4,7-8,10-17H2,1-2H3,(H,31,35). The first-order chi connectivity index (χ1) is 17.6. The number of carbonyl (C=O) groups is 1. The van der Waals surface area contributed by atoms with E-state index in [9.17, 15) is 4.79 Å². The topological polar surface area (TPSA) is 79.4 Å². The highest BCUT2D eigenvalue weighted by Crippen LogP contribution is 2.52. The summed E-state index contributed by atoms with van der Waals surface area (Å²) >= 11 is 0. The van der Waals surface area contributed by atoms with Crippen LogP contribution in [0.25, 0.3) is 0 Å². The molecule has 2 N–H and O–H groups in total. The summed E-state index contributed by atoms with van der Waals surface area (Å²) in [4.78, 5) is 24.7. The Hall–Kier alpha value is -2.67. The fourth-order valence-corrected chi connectivity index (χ4v) is 7.23. The Balaban J connectivity index is 1.35. The highest BCUT2D eigenvalue weighted by Gasteiger charge is 2.47. The number of hydrogen-bond acceptors (Lipinski definition) is 6. The molecule has 1 spiro atoms. The Morgan fingerprint density at radius 1 is 1.19 bits per heavy atom. The molecule has 4 aliphatic rings. The number of aromatic nitrogens is 2. The van der Waals surface area contributed by atoms with E-state index in [-0.39, 0.29) is 17.6 Å². The lowest BCUT2D eigenvalue weighted by Crippen LogP contribution is -2.43. The van der Waals surface area contributed by atoms with E-state index in [1.54, 1.807) is 6.33 Å². The molecule has 1 saturated heterocycles. The van der Waals surface area contributed by atoms with Crippen LogP contribution < -0.4 is 15.5 Å². The van der Waals surface area contributed by atoms with Gasteiger partial charge in [0.15, 0.2) is 0 Å². The predicted molar refractivity (Wildman–Crippen MR) is 141 cm³/mol. The van der Waals surface area contributed by atoms with Gasteiger partial charge in [0.05, 0.1) is 0 Å². The number of hydrogen-bond donors (Lipinski definition) is 2. The normalized spacial score (nSPS) is 22.8. The molecule has 0 bridgehead atoms. The number of fused-ring (bicyclic) bond motifs is 3. The van der Waals surface area contributed by atoms with Crippen molar-refractivity contribution in [3.63, 3.8) is 0 Å². The van der Waals surface area contributed by atoms with E-state index < -0.39 is 0 Å². The zero-order valence-electron chi connectivity index (χ0n) is 21.7. The maximum Gasteiger partial charge on any atom is 0.407 e. The molecule has 36 heavy (non-hydrogen) atoms.